The standard InChI is InChI=1S/C38H50F2O5/c1-27(2)37(42)44-25-33(26-45-38(43)28(3)24-41)23-32-13-11-30(12-14-32)9-10-31-17-21-35(22-18-31)34-19-15-29(16-20-34)7-5-4-6-8-36(39)40/h8,11-14,17-18,21-22,27,29,33-34,41H,3-7,9-10,15-16,19-20,23-26H2,1-2H3. The first-order valence-corrected chi connectivity index (χ1v) is 16.4. The molecule has 3 rings (SSSR count). The van der Waals surface area contributed by atoms with Gasteiger partial charge in [-0.3, -0.25) is 4.79 Å². The van der Waals surface area contributed by atoms with E-state index >= 15 is 0 Å². The van der Waals surface area contributed by atoms with E-state index in [2.05, 4.69) is 55.1 Å². The number of aliphatic hydroxyl groups is 1. The van der Waals surface area contributed by atoms with E-state index in [1.165, 1.54) is 42.4 Å². The molecule has 246 valence electrons. The fourth-order valence-corrected chi connectivity index (χ4v) is 5.89. The number of rotatable bonds is 18. The van der Waals surface area contributed by atoms with Gasteiger partial charge in [-0.1, -0.05) is 81.8 Å². The number of carbonyl (C=O) groups is 2. The van der Waals surface area contributed by atoms with Crippen LogP contribution in [-0.2, 0) is 38.3 Å². The van der Waals surface area contributed by atoms with Crippen LogP contribution in [0.15, 0.2) is 72.8 Å². The molecule has 1 N–H and O–H groups in total. The minimum Gasteiger partial charge on any atom is -0.465 e. The summed E-state index contributed by atoms with van der Waals surface area (Å²) in [6.07, 6.45) is 10.3. The molecule has 45 heavy (non-hydrogen) atoms. The number of halogens is 2. The molecule has 1 aliphatic carbocycles. The van der Waals surface area contributed by atoms with E-state index in [9.17, 15) is 18.4 Å². The average Bonchev–Trinajstić information content (AvgIpc) is 3.05. The SMILES string of the molecule is C=C(CO)C(=O)OCC(COC(=O)C(C)C)Cc1ccc(CCc2ccc(C3CCC(CCCCC=C(F)F)CC3)cc2)cc1. The highest BCUT2D eigenvalue weighted by molar-refractivity contribution is 5.87. The van der Waals surface area contributed by atoms with Gasteiger partial charge in [0.1, 0.15) is 0 Å². The molecule has 7 heteroatoms. The van der Waals surface area contributed by atoms with Crippen molar-refractivity contribution in [3.63, 3.8) is 0 Å². The maximum atomic E-state index is 12.2. The smallest absolute Gasteiger partial charge is 0.335 e. The van der Waals surface area contributed by atoms with Crippen molar-refractivity contribution in [3.8, 4) is 0 Å². The van der Waals surface area contributed by atoms with Gasteiger partial charge in [0.05, 0.1) is 31.3 Å². The Balaban J connectivity index is 1.44. The lowest BCUT2D eigenvalue weighted by molar-refractivity contribution is -0.150. The summed E-state index contributed by atoms with van der Waals surface area (Å²) in [5, 5.41) is 9.12. The van der Waals surface area contributed by atoms with Gasteiger partial charge in [-0.05, 0) is 98.0 Å². The first kappa shape index (κ1) is 36.2. The number of esters is 2. The summed E-state index contributed by atoms with van der Waals surface area (Å²) in [6, 6.07) is 17.5. The van der Waals surface area contributed by atoms with Crippen molar-refractivity contribution < 1.29 is 33.0 Å². The van der Waals surface area contributed by atoms with Crippen LogP contribution >= 0.6 is 0 Å². The Bertz CT molecular complexity index is 1220. The number of aryl methyl sites for hydroxylation is 2. The lowest BCUT2D eigenvalue weighted by Gasteiger charge is -2.29. The quantitative estimate of drug-likeness (QED) is 0.102. The maximum absolute atomic E-state index is 12.2. The summed E-state index contributed by atoms with van der Waals surface area (Å²) in [7, 11) is 0. The van der Waals surface area contributed by atoms with Crippen LogP contribution in [0.2, 0.25) is 0 Å². The highest BCUT2D eigenvalue weighted by Crippen LogP contribution is 2.38. The molecule has 0 bridgehead atoms. The van der Waals surface area contributed by atoms with Gasteiger partial charge < -0.3 is 14.6 Å². The number of ether oxygens (including phenoxy) is 2. The highest BCUT2D eigenvalue weighted by Gasteiger charge is 2.22. The van der Waals surface area contributed by atoms with Crippen molar-refractivity contribution in [3.05, 3.63) is 95.1 Å². The fourth-order valence-electron chi connectivity index (χ4n) is 5.89. The summed E-state index contributed by atoms with van der Waals surface area (Å²) in [4.78, 5) is 24.0. The monoisotopic (exact) mass is 624 g/mol. The number of unbranched alkanes of at least 4 members (excludes halogenated alkanes) is 2. The third-order valence-corrected chi connectivity index (χ3v) is 8.78. The van der Waals surface area contributed by atoms with Gasteiger partial charge in [-0.2, -0.15) is 8.78 Å². The first-order valence-electron chi connectivity index (χ1n) is 16.4. The number of hydrogen-bond acceptors (Lipinski definition) is 5. The van der Waals surface area contributed by atoms with Crippen molar-refractivity contribution >= 4 is 11.9 Å². The molecule has 2 aromatic carbocycles. The van der Waals surface area contributed by atoms with E-state index in [1.807, 2.05) is 0 Å². The molecule has 0 spiro atoms. The maximum Gasteiger partial charge on any atom is 0.335 e. The molecule has 0 aromatic heterocycles. The van der Waals surface area contributed by atoms with Crippen LogP contribution in [0.4, 0.5) is 8.78 Å². The number of carbonyl (C=O) groups excluding carboxylic acids is 2. The number of aliphatic hydroxyl groups excluding tert-OH is 1. The van der Waals surface area contributed by atoms with Crippen molar-refractivity contribution in [2.24, 2.45) is 17.8 Å². The zero-order valence-electron chi connectivity index (χ0n) is 26.9. The van der Waals surface area contributed by atoms with Crippen LogP contribution in [0.1, 0.15) is 93.4 Å². The largest absolute Gasteiger partial charge is 0.465 e. The van der Waals surface area contributed by atoms with Gasteiger partial charge in [0.15, 0.2) is 0 Å². The molecule has 0 aliphatic heterocycles. The van der Waals surface area contributed by atoms with E-state index in [-0.39, 0.29) is 36.6 Å². The summed E-state index contributed by atoms with van der Waals surface area (Å²) < 4.78 is 35.1. The van der Waals surface area contributed by atoms with Crippen molar-refractivity contribution in [1.29, 1.82) is 0 Å². The summed E-state index contributed by atoms with van der Waals surface area (Å²) in [5.41, 5.74) is 5.02. The van der Waals surface area contributed by atoms with Crippen molar-refractivity contribution in [2.75, 3.05) is 19.8 Å². The molecule has 1 saturated carbocycles. The first-order chi connectivity index (χ1) is 21.6. The second kappa shape index (κ2) is 19.3. The highest BCUT2D eigenvalue weighted by atomic mass is 19.3. The van der Waals surface area contributed by atoms with E-state index in [0.717, 1.165) is 49.7 Å². The van der Waals surface area contributed by atoms with E-state index in [4.69, 9.17) is 14.6 Å². The number of hydrogen-bond donors (Lipinski definition) is 1. The van der Waals surface area contributed by atoms with Gasteiger partial charge in [0.2, 0.25) is 0 Å². The third-order valence-electron chi connectivity index (χ3n) is 8.78. The van der Waals surface area contributed by atoms with Crippen LogP contribution in [0, 0.1) is 17.8 Å². The second-order valence-corrected chi connectivity index (χ2v) is 12.8. The lowest BCUT2D eigenvalue weighted by Crippen LogP contribution is -2.25. The van der Waals surface area contributed by atoms with E-state index in [1.54, 1.807) is 13.8 Å². The summed E-state index contributed by atoms with van der Waals surface area (Å²) in [6.45, 7) is 6.78. The minimum atomic E-state index is -1.56. The van der Waals surface area contributed by atoms with E-state index < -0.39 is 18.7 Å². The topological polar surface area (TPSA) is 72.8 Å². The number of allylic oxidation sites excluding steroid dienone is 1. The third kappa shape index (κ3) is 13.3. The van der Waals surface area contributed by atoms with Gasteiger partial charge in [-0.15, -0.1) is 0 Å². The molecule has 0 heterocycles. The zero-order chi connectivity index (χ0) is 32.6. The minimum absolute atomic E-state index is 0.0107. The van der Waals surface area contributed by atoms with Crippen molar-refractivity contribution in [2.45, 2.75) is 90.4 Å². The Labute approximate surface area is 267 Å². The second-order valence-electron chi connectivity index (χ2n) is 12.8. The Kier molecular flexibility index (Phi) is 15.5. The molecule has 1 aliphatic rings. The molecule has 0 amide bonds. The Morgan fingerprint density at radius 3 is 2.04 bits per heavy atom. The van der Waals surface area contributed by atoms with E-state index in [0.29, 0.717) is 18.8 Å². The summed E-state index contributed by atoms with van der Waals surface area (Å²) >= 11 is 0. The molecule has 0 saturated heterocycles. The Morgan fingerprint density at radius 1 is 0.889 bits per heavy atom. The summed E-state index contributed by atoms with van der Waals surface area (Å²) in [5.74, 6) is -0.0655. The van der Waals surface area contributed by atoms with Crippen LogP contribution in [-0.4, -0.2) is 36.9 Å². The van der Waals surface area contributed by atoms with Gasteiger partial charge in [0, 0.05) is 5.92 Å². The van der Waals surface area contributed by atoms with Crippen LogP contribution in [0.3, 0.4) is 0 Å². The molecule has 1 unspecified atom stereocenters. The fraction of sp³-hybridized carbons (Fsp3) is 0.526. The Hall–Kier alpha value is -3.32. The molecular weight excluding hydrogens is 574 g/mol. The molecular formula is C38H50F2O5. The van der Waals surface area contributed by atoms with Gasteiger partial charge in [-0.25, -0.2) is 4.79 Å². The zero-order valence-corrected chi connectivity index (χ0v) is 26.9. The van der Waals surface area contributed by atoms with Crippen molar-refractivity contribution in [1.82, 2.24) is 0 Å². The van der Waals surface area contributed by atoms with Crippen LogP contribution < -0.4 is 0 Å². The molecule has 1 fully saturated rings. The predicted molar refractivity (Wildman–Crippen MR) is 174 cm³/mol. The normalized spacial score (nSPS) is 17.0. The van der Waals surface area contributed by atoms with Crippen LogP contribution in [0.25, 0.3) is 0 Å². The van der Waals surface area contributed by atoms with Gasteiger partial charge in [0.25, 0.3) is 6.08 Å². The molecule has 5 nitrogen and oxygen atoms in total. The number of benzene rings is 2. The Morgan fingerprint density at radius 2 is 1.47 bits per heavy atom. The van der Waals surface area contributed by atoms with Gasteiger partial charge >= 0.3 is 11.9 Å². The predicted octanol–water partition coefficient (Wildman–Crippen LogP) is 8.54. The molecule has 2 aromatic rings. The molecule has 1 atom stereocenters. The average molecular weight is 625 g/mol. The lowest BCUT2D eigenvalue weighted by atomic mass is 9.77. The van der Waals surface area contributed by atoms with Crippen LogP contribution in [0.5, 0.6) is 0 Å². The molecule has 0 radical (unpaired) electrons.